The lowest BCUT2D eigenvalue weighted by molar-refractivity contribution is 0.147. The lowest BCUT2D eigenvalue weighted by atomic mass is 10.5. The average molecular weight is 131 g/mol. The summed E-state index contributed by atoms with van der Waals surface area (Å²) in [4.78, 5) is 19.5. The summed E-state index contributed by atoms with van der Waals surface area (Å²) in [7, 11) is 0. The molecular formula is C4H7N2O3. The maximum Gasteiger partial charge on any atom is 0.430 e. The summed E-state index contributed by atoms with van der Waals surface area (Å²) in [6.07, 6.45) is -0.994. The van der Waals surface area contributed by atoms with Crippen molar-refractivity contribution in [2.75, 3.05) is 6.54 Å². The third kappa shape index (κ3) is 2.63. The molecule has 0 saturated carbocycles. The van der Waals surface area contributed by atoms with Gasteiger partial charge in [0, 0.05) is 0 Å². The Balaban J connectivity index is 3.68. The highest BCUT2D eigenvalue weighted by atomic mass is 16.4. The molecule has 0 spiro atoms. The van der Waals surface area contributed by atoms with E-state index in [-0.39, 0.29) is 6.54 Å². The minimum atomic E-state index is -1.34. The van der Waals surface area contributed by atoms with E-state index < -0.39 is 6.09 Å². The number of hydrogen-bond donors (Lipinski definition) is 1. The Labute approximate surface area is 52.2 Å². The molecule has 0 rings (SSSR count). The first-order valence-corrected chi connectivity index (χ1v) is 2.35. The number of carbonyl (C=O) groups is 1. The molecule has 51 valence electrons. The van der Waals surface area contributed by atoms with Crippen molar-refractivity contribution < 1.29 is 9.90 Å². The van der Waals surface area contributed by atoms with Crippen molar-refractivity contribution in [1.82, 2.24) is 5.01 Å². The van der Waals surface area contributed by atoms with Crippen LogP contribution in [-0.2, 0) is 0 Å². The van der Waals surface area contributed by atoms with Crippen LogP contribution in [0.25, 0.3) is 0 Å². The first-order valence-electron chi connectivity index (χ1n) is 2.35. The SMILES string of the molecule is [CH2]CCN(N=O)C(=O)O. The molecule has 1 N–H and O–H groups in total. The highest BCUT2D eigenvalue weighted by molar-refractivity contribution is 5.64. The monoisotopic (exact) mass is 131 g/mol. The number of rotatable bonds is 3. The molecule has 0 aromatic rings. The van der Waals surface area contributed by atoms with Gasteiger partial charge in [-0.1, -0.05) is 6.92 Å². The molecule has 0 aliphatic carbocycles. The molecule has 0 aromatic heterocycles. The number of amides is 1. The molecule has 9 heavy (non-hydrogen) atoms. The summed E-state index contributed by atoms with van der Waals surface area (Å²) in [5.41, 5.74) is 0. The van der Waals surface area contributed by atoms with Gasteiger partial charge in [0.1, 0.15) is 0 Å². The zero-order chi connectivity index (χ0) is 7.28. The van der Waals surface area contributed by atoms with Crippen molar-refractivity contribution in [3.05, 3.63) is 11.8 Å². The fourth-order valence-corrected chi connectivity index (χ4v) is 0.321. The van der Waals surface area contributed by atoms with Crippen LogP contribution in [-0.4, -0.2) is 22.8 Å². The third-order valence-electron chi connectivity index (χ3n) is 0.689. The lowest BCUT2D eigenvalue weighted by Gasteiger charge is -2.04. The van der Waals surface area contributed by atoms with Crippen molar-refractivity contribution in [2.24, 2.45) is 5.29 Å². The summed E-state index contributed by atoms with van der Waals surface area (Å²) in [5.74, 6) is 0. The predicted molar refractivity (Wildman–Crippen MR) is 30.5 cm³/mol. The molecule has 1 radical (unpaired) electrons. The molecule has 0 aliphatic heterocycles. The minimum absolute atomic E-state index is 0.0544. The van der Waals surface area contributed by atoms with Crippen LogP contribution in [0.5, 0.6) is 0 Å². The van der Waals surface area contributed by atoms with E-state index in [9.17, 15) is 9.70 Å². The topological polar surface area (TPSA) is 70.0 Å². The van der Waals surface area contributed by atoms with E-state index >= 15 is 0 Å². The van der Waals surface area contributed by atoms with Crippen LogP contribution in [0.2, 0.25) is 0 Å². The second-order valence-corrected chi connectivity index (χ2v) is 1.34. The van der Waals surface area contributed by atoms with Crippen molar-refractivity contribution >= 4 is 6.09 Å². The molecule has 0 aliphatic rings. The largest absolute Gasteiger partial charge is 0.464 e. The van der Waals surface area contributed by atoms with Gasteiger partial charge in [0.2, 0.25) is 0 Å². The van der Waals surface area contributed by atoms with Crippen molar-refractivity contribution in [1.29, 1.82) is 0 Å². The van der Waals surface area contributed by atoms with E-state index in [2.05, 4.69) is 12.2 Å². The van der Waals surface area contributed by atoms with Gasteiger partial charge in [0.05, 0.1) is 11.8 Å². The second-order valence-electron chi connectivity index (χ2n) is 1.34. The smallest absolute Gasteiger partial charge is 0.430 e. The zero-order valence-corrected chi connectivity index (χ0v) is 4.78. The van der Waals surface area contributed by atoms with Crippen LogP contribution in [0.15, 0.2) is 5.29 Å². The van der Waals surface area contributed by atoms with Crippen LogP contribution >= 0.6 is 0 Å². The van der Waals surface area contributed by atoms with Gasteiger partial charge < -0.3 is 5.11 Å². The quantitative estimate of drug-likeness (QED) is 0.456. The Hall–Kier alpha value is -1.13. The third-order valence-corrected chi connectivity index (χ3v) is 0.689. The van der Waals surface area contributed by atoms with Gasteiger partial charge in [-0.25, -0.2) is 4.79 Å². The standard InChI is InChI=1S/C4H7N2O3/c1-2-3-6(5-9)4(7)8/h1-3H2,(H,7,8). The first-order chi connectivity index (χ1) is 4.22. The summed E-state index contributed by atoms with van der Waals surface area (Å²) < 4.78 is 0. The molecule has 5 heteroatoms. The van der Waals surface area contributed by atoms with E-state index in [1.165, 1.54) is 0 Å². The molecule has 0 unspecified atom stereocenters. The van der Waals surface area contributed by atoms with E-state index in [0.29, 0.717) is 11.4 Å². The van der Waals surface area contributed by atoms with Crippen LogP contribution in [0.3, 0.4) is 0 Å². The minimum Gasteiger partial charge on any atom is -0.464 e. The average Bonchev–Trinajstić information content (AvgIpc) is 1.82. The Bertz CT molecular complexity index is 114. The maximum atomic E-state index is 9.92. The maximum absolute atomic E-state index is 9.92. The van der Waals surface area contributed by atoms with Gasteiger partial charge in [-0.05, 0) is 6.42 Å². The number of carboxylic acid groups (broad SMARTS) is 1. The van der Waals surface area contributed by atoms with Gasteiger partial charge in [-0.15, -0.1) is 4.91 Å². The summed E-state index contributed by atoms with van der Waals surface area (Å²) in [5, 5.41) is 10.7. The highest BCUT2D eigenvalue weighted by Crippen LogP contribution is 1.90. The molecule has 0 heterocycles. The molecular weight excluding hydrogens is 124 g/mol. The van der Waals surface area contributed by atoms with Crippen molar-refractivity contribution in [3.8, 4) is 0 Å². The van der Waals surface area contributed by atoms with E-state index in [4.69, 9.17) is 5.11 Å². The molecule has 5 nitrogen and oxygen atoms in total. The van der Waals surface area contributed by atoms with Gasteiger partial charge in [-0.2, -0.15) is 5.01 Å². The van der Waals surface area contributed by atoms with Crippen molar-refractivity contribution in [3.63, 3.8) is 0 Å². The fourth-order valence-electron chi connectivity index (χ4n) is 0.321. The van der Waals surface area contributed by atoms with Crippen LogP contribution in [0, 0.1) is 11.8 Å². The summed E-state index contributed by atoms with van der Waals surface area (Å²) in [6.45, 7) is 3.41. The number of nitroso groups, excluding NO2 is 1. The predicted octanol–water partition coefficient (Wildman–Crippen LogP) is 0.872. The normalized spacial score (nSPS) is 8.56. The van der Waals surface area contributed by atoms with Gasteiger partial charge in [-0.3, -0.25) is 0 Å². The second kappa shape index (κ2) is 3.82. The Morgan fingerprint density at radius 1 is 1.78 bits per heavy atom. The van der Waals surface area contributed by atoms with Crippen LogP contribution in [0.4, 0.5) is 4.79 Å². The molecule has 0 fully saturated rings. The van der Waals surface area contributed by atoms with Crippen LogP contribution in [0.1, 0.15) is 6.42 Å². The van der Waals surface area contributed by atoms with Gasteiger partial charge >= 0.3 is 6.09 Å². The van der Waals surface area contributed by atoms with E-state index in [1.807, 2.05) is 0 Å². The summed E-state index contributed by atoms with van der Waals surface area (Å²) in [6, 6.07) is 0. The van der Waals surface area contributed by atoms with Crippen LogP contribution < -0.4 is 0 Å². The lowest BCUT2D eigenvalue weighted by Crippen LogP contribution is -2.23. The van der Waals surface area contributed by atoms with Crippen molar-refractivity contribution in [2.45, 2.75) is 6.42 Å². The Morgan fingerprint density at radius 3 is 2.44 bits per heavy atom. The fraction of sp³-hybridized carbons (Fsp3) is 0.500. The van der Waals surface area contributed by atoms with E-state index in [0.717, 1.165) is 0 Å². The summed E-state index contributed by atoms with van der Waals surface area (Å²) >= 11 is 0. The Kier molecular flexibility index (Phi) is 3.34. The van der Waals surface area contributed by atoms with Gasteiger partial charge in [0.25, 0.3) is 0 Å². The first kappa shape index (κ1) is 7.87. The highest BCUT2D eigenvalue weighted by Gasteiger charge is 2.08. The molecule has 0 atom stereocenters. The molecule has 1 amide bonds. The zero-order valence-electron chi connectivity index (χ0n) is 4.78. The molecule has 0 saturated heterocycles. The Morgan fingerprint density at radius 2 is 2.33 bits per heavy atom. The number of hydrogen-bond acceptors (Lipinski definition) is 3. The van der Waals surface area contributed by atoms with Gasteiger partial charge in [0.15, 0.2) is 0 Å². The number of nitrogens with zero attached hydrogens (tertiary/aromatic N) is 2. The molecule has 0 bridgehead atoms. The van der Waals surface area contributed by atoms with E-state index in [1.54, 1.807) is 0 Å². The molecule has 0 aromatic carbocycles.